The molecule has 15 heavy (non-hydrogen) atoms. The maximum Gasteiger partial charge on any atom is 0.469 e. The largest absolute Gasteiger partial charge is 0.469 e. The zero-order valence-electron chi connectivity index (χ0n) is 8.01. The molecule has 0 aliphatic carbocycles. The summed E-state index contributed by atoms with van der Waals surface area (Å²) in [6, 6.07) is 0. The smallest absolute Gasteiger partial charge is 0.303 e. The third-order valence-electron chi connectivity index (χ3n) is 1.33. The number of hydrogen-bond donors (Lipinski definition) is 4. The summed E-state index contributed by atoms with van der Waals surface area (Å²) >= 11 is 0. The second-order valence-corrected chi connectivity index (χ2v) is 5.30. The minimum absolute atomic E-state index is 0.195. The Labute approximate surface area is 86.7 Å². The van der Waals surface area contributed by atoms with Crippen molar-refractivity contribution in [1.29, 1.82) is 0 Å². The van der Waals surface area contributed by atoms with Gasteiger partial charge in [0.2, 0.25) is 0 Å². The van der Waals surface area contributed by atoms with Crippen molar-refractivity contribution in [2.75, 3.05) is 6.61 Å². The first-order valence-corrected chi connectivity index (χ1v) is 7.10. The zero-order valence-corrected chi connectivity index (χ0v) is 9.80. The molecule has 8 nitrogen and oxygen atoms in total. The van der Waals surface area contributed by atoms with Crippen molar-refractivity contribution >= 4 is 15.6 Å². The Bertz CT molecular complexity index is 266. The summed E-state index contributed by atoms with van der Waals surface area (Å²) in [5.41, 5.74) is 0. The number of phosphoric acid groups is 2. The summed E-state index contributed by atoms with van der Waals surface area (Å²) in [6.45, 7) is 1.25. The zero-order chi connectivity index (χ0) is 12.1. The Morgan fingerprint density at radius 2 is 1.67 bits per heavy atom. The van der Waals surface area contributed by atoms with Crippen molar-refractivity contribution in [2.45, 2.75) is 25.9 Å². The van der Waals surface area contributed by atoms with Gasteiger partial charge in [0.25, 0.3) is 0 Å². The molecule has 0 radical (unpaired) electrons. The van der Waals surface area contributed by atoms with Crippen LogP contribution in [0, 0.1) is 0 Å². The normalized spacial score (nSPS) is 15.3. The first kappa shape index (κ1) is 15.2. The van der Waals surface area contributed by atoms with Crippen molar-refractivity contribution < 1.29 is 37.8 Å². The molecule has 0 fully saturated rings. The van der Waals surface area contributed by atoms with Gasteiger partial charge in [-0.3, -0.25) is 9.05 Å². The monoisotopic (exact) mass is 264 g/mol. The fraction of sp³-hybridized carbons (Fsp3) is 1.00. The van der Waals surface area contributed by atoms with E-state index in [0.29, 0.717) is 0 Å². The summed E-state index contributed by atoms with van der Waals surface area (Å²) in [5, 5.41) is 0. The van der Waals surface area contributed by atoms with E-state index in [-0.39, 0.29) is 19.4 Å². The molecule has 0 aromatic rings. The maximum absolute atomic E-state index is 10.4. The van der Waals surface area contributed by atoms with E-state index in [0.717, 1.165) is 0 Å². The van der Waals surface area contributed by atoms with Crippen LogP contribution in [0.1, 0.15) is 19.8 Å². The van der Waals surface area contributed by atoms with Gasteiger partial charge in [-0.05, 0) is 19.8 Å². The van der Waals surface area contributed by atoms with Crippen LogP contribution in [0.5, 0.6) is 0 Å². The van der Waals surface area contributed by atoms with E-state index in [9.17, 15) is 9.13 Å². The molecule has 0 bridgehead atoms. The van der Waals surface area contributed by atoms with E-state index in [1.165, 1.54) is 6.92 Å². The molecule has 0 aliphatic heterocycles. The van der Waals surface area contributed by atoms with Gasteiger partial charge < -0.3 is 19.6 Å². The lowest BCUT2D eigenvalue weighted by molar-refractivity contribution is 0.127. The van der Waals surface area contributed by atoms with E-state index >= 15 is 0 Å². The van der Waals surface area contributed by atoms with Gasteiger partial charge in [0.1, 0.15) is 0 Å². The lowest BCUT2D eigenvalue weighted by atomic mass is 10.2. The minimum Gasteiger partial charge on any atom is -0.303 e. The van der Waals surface area contributed by atoms with Crippen molar-refractivity contribution in [3.05, 3.63) is 0 Å². The van der Waals surface area contributed by atoms with Crippen LogP contribution in [0.2, 0.25) is 0 Å². The predicted molar refractivity (Wildman–Crippen MR) is 49.8 cm³/mol. The molecule has 0 heterocycles. The standard InChI is InChI=1S/C5H14O8P2/c1-5(13-15(9,10)11)3-2-4-12-14(6,7)8/h5H,2-4H2,1H3,(H2,6,7,8)(H2,9,10,11). The third-order valence-corrected chi connectivity index (χ3v) is 2.49. The summed E-state index contributed by atoms with van der Waals surface area (Å²) in [5.74, 6) is 0. The average Bonchev–Trinajstić information content (AvgIpc) is 1.92. The van der Waals surface area contributed by atoms with E-state index in [2.05, 4.69) is 9.05 Å². The molecular weight excluding hydrogens is 250 g/mol. The molecule has 0 amide bonds. The molecule has 0 saturated carbocycles. The van der Waals surface area contributed by atoms with E-state index in [1.807, 2.05) is 0 Å². The van der Waals surface area contributed by atoms with Crippen LogP contribution in [-0.4, -0.2) is 32.3 Å². The van der Waals surface area contributed by atoms with Crippen LogP contribution in [-0.2, 0) is 18.2 Å². The number of hydrogen-bond acceptors (Lipinski definition) is 4. The fourth-order valence-corrected chi connectivity index (χ4v) is 1.78. The Morgan fingerprint density at radius 3 is 2.07 bits per heavy atom. The summed E-state index contributed by atoms with van der Waals surface area (Å²) in [7, 11) is -8.96. The Balaban J connectivity index is 3.61. The predicted octanol–water partition coefficient (Wildman–Crippen LogP) is 0.374. The van der Waals surface area contributed by atoms with Crippen LogP contribution in [0.3, 0.4) is 0 Å². The van der Waals surface area contributed by atoms with Gasteiger partial charge in [-0.1, -0.05) is 0 Å². The lowest BCUT2D eigenvalue weighted by Gasteiger charge is -2.13. The molecule has 0 aromatic heterocycles. The lowest BCUT2D eigenvalue weighted by Crippen LogP contribution is -2.07. The molecule has 0 aromatic carbocycles. The van der Waals surface area contributed by atoms with Crippen molar-refractivity contribution in [1.82, 2.24) is 0 Å². The van der Waals surface area contributed by atoms with Crippen molar-refractivity contribution in [3.8, 4) is 0 Å². The van der Waals surface area contributed by atoms with Crippen LogP contribution in [0.25, 0.3) is 0 Å². The Hall–Kier alpha value is 0.220. The summed E-state index contributed by atoms with van der Waals surface area (Å²) in [6.07, 6.45) is -0.247. The second-order valence-electron chi connectivity index (χ2n) is 2.87. The summed E-state index contributed by atoms with van der Waals surface area (Å²) < 4.78 is 29.0. The van der Waals surface area contributed by atoms with Crippen molar-refractivity contribution in [3.63, 3.8) is 0 Å². The first-order valence-electron chi connectivity index (χ1n) is 4.04. The SMILES string of the molecule is CC(CCCOP(=O)(O)O)OP(=O)(O)O. The highest BCUT2D eigenvalue weighted by atomic mass is 31.2. The van der Waals surface area contributed by atoms with E-state index in [4.69, 9.17) is 19.6 Å². The highest BCUT2D eigenvalue weighted by Gasteiger charge is 2.19. The van der Waals surface area contributed by atoms with Crippen molar-refractivity contribution in [2.24, 2.45) is 0 Å². The fourth-order valence-electron chi connectivity index (χ4n) is 0.841. The van der Waals surface area contributed by atoms with Gasteiger partial charge in [-0.15, -0.1) is 0 Å². The minimum atomic E-state index is -4.50. The molecule has 0 spiro atoms. The second kappa shape index (κ2) is 6.08. The number of phosphoric ester groups is 2. The van der Waals surface area contributed by atoms with Crippen LogP contribution in [0.4, 0.5) is 0 Å². The molecule has 0 rings (SSSR count). The quantitative estimate of drug-likeness (QED) is 0.383. The third kappa shape index (κ3) is 12.2. The van der Waals surface area contributed by atoms with Gasteiger partial charge in [0.05, 0.1) is 12.7 Å². The van der Waals surface area contributed by atoms with Gasteiger partial charge in [-0.25, -0.2) is 9.13 Å². The molecule has 0 aliphatic rings. The topological polar surface area (TPSA) is 134 Å². The Kier molecular flexibility index (Phi) is 6.17. The van der Waals surface area contributed by atoms with Crippen LogP contribution >= 0.6 is 15.6 Å². The molecule has 1 unspecified atom stereocenters. The maximum atomic E-state index is 10.4. The van der Waals surface area contributed by atoms with Crippen LogP contribution in [0.15, 0.2) is 0 Å². The molecule has 0 saturated heterocycles. The Morgan fingerprint density at radius 1 is 1.13 bits per heavy atom. The van der Waals surface area contributed by atoms with E-state index in [1.54, 1.807) is 0 Å². The van der Waals surface area contributed by atoms with E-state index < -0.39 is 21.7 Å². The highest BCUT2D eigenvalue weighted by molar-refractivity contribution is 7.46. The van der Waals surface area contributed by atoms with Crippen LogP contribution < -0.4 is 0 Å². The van der Waals surface area contributed by atoms with Gasteiger partial charge in [0.15, 0.2) is 0 Å². The molecule has 1 atom stereocenters. The van der Waals surface area contributed by atoms with Gasteiger partial charge in [0, 0.05) is 0 Å². The molecule has 4 N–H and O–H groups in total. The summed E-state index contributed by atoms with van der Waals surface area (Å²) in [4.78, 5) is 33.4. The van der Waals surface area contributed by atoms with Gasteiger partial charge in [-0.2, -0.15) is 0 Å². The molecule has 92 valence electrons. The highest BCUT2D eigenvalue weighted by Crippen LogP contribution is 2.39. The first-order chi connectivity index (χ1) is 6.60. The van der Waals surface area contributed by atoms with Gasteiger partial charge >= 0.3 is 15.6 Å². The average molecular weight is 264 g/mol. The molecular formula is C5H14O8P2. The number of rotatable bonds is 7. The molecule has 10 heteroatoms.